The van der Waals surface area contributed by atoms with Gasteiger partial charge in [-0.15, -0.1) is 0 Å². The van der Waals surface area contributed by atoms with Gasteiger partial charge in [-0.25, -0.2) is 0 Å². The second kappa shape index (κ2) is 2.78. The summed E-state index contributed by atoms with van der Waals surface area (Å²) in [7, 11) is 0. The van der Waals surface area contributed by atoms with E-state index in [1.54, 1.807) is 18.2 Å². The van der Waals surface area contributed by atoms with Crippen LogP contribution in [0.3, 0.4) is 0 Å². The van der Waals surface area contributed by atoms with Crippen LogP contribution in [-0.4, -0.2) is 0 Å². The van der Waals surface area contributed by atoms with Gasteiger partial charge in [0, 0.05) is 5.56 Å². The lowest BCUT2D eigenvalue weighted by molar-refractivity contribution is -0.247. The molecule has 1 aromatic rings. The van der Waals surface area contributed by atoms with Gasteiger partial charge in [0.1, 0.15) is 0 Å². The average molecular weight is 117 g/mol. The van der Waals surface area contributed by atoms with Crippen molar-refractivity contribution in [2.45, 2.75) is 0 Å². The number of hydrogen-bond donors (Lipinski definition) is 0. The summed E-state index contributed by atoms with van der Waals surface area (Å²) < 4.78 is 0. The van der Waals surface area contributed by atoms with Crippen molar-refractivity contribution in [1.82, 2.24) is 0 Å². The van der Waals surface area contributed by atoms with E-state index in [4.69, 9.17) is 0 Å². The number of rotatable bonds is 0. The van der Waals surface area contributed by atoms with Gasteiger partial charge in [-0.1, -0.05) is 24.1 Å². The summed E-state index contributed by atoms with van der Waals surface area (Å²) in [5.74, 6) is 2.40. The summed E-state index contributed by atoms with van der Waals surface area (Å²) in [6, 6.07) is 9.17. The average Bonchev–Trinajstić information content (AvgIpc) is 1.91. The van der Waals surface area contributed by atoms with Gasteiger partial charge >= 0.3 is 0 Å². The lowest BCUT2D eigenvalue weighted by atomic mass is 10.2. The van der Waals surface area contributed by atoms with Crippen molar-refractivity contribution < 1.29 is 5.11 Å². The molecule has 0 bridgehead atoms. The first-order chi connectivity index (χ1) is 4.43. The summed E-state index contributed by atoms with van der Waals surface area (Å²) in [6.07, 6.45) is 1.58. The Kier molecular flexibility index (Phi) is 1.77. The van der Waals surface area contributed by atoms with Crippen LogP contribution in [0.25, 0.3) is 0 Å². The van der Waals surface area contributed by atoms with Crippen LogP contribution >= 0.6 is 0 Å². The molecule has 1 aromatic carbocycles. The first kappa shape index (κ1) is 5.71. The summed E-state index contributed by atoms with van der Waals surface area (Å²) in [5, 5.41) is 9.74. The summed E-state index contributed by atoms with van der Waals surface area (Å²) in [6.45, 7) is 0. The van der Waals surface area contributed by atoms with Crippen LogP contribution in [0.4, 0.5) is 0 Å². The Morgan fingerprint density at radius 3 is 2.33 bits per heavy atom. The topological polar surface area (TPSA) is 23.1 Å². The van der Waals surface area contributed by atoms with E-state index in [-0.39, 0.29) is 0 Å². The Morgan fingerprint density at radius 1 is 1.11 bits per heavy atom. The zero-order valence-electron chi connectivity index (χ0n) is 4.79. The van der Waals surface area contributed by atoms with Gasteiger partial charge in [0.2, 0.25) is 0 Å². The van der Waals surface area contributed by atoms with E-state index in [1.165, 1.54) is 0 Å². The molecule has 0 saturated heterocycles. The smallest absolute Gasteiger partial charge is 0.0238 e. The van der Waals surface area contributed by atoms with Crippen LogP contribution in [0.2, 0.25) is 0 Å². The third kappa shape index (κ3) is 1.50. The fourth-order valence-electron chi connectivity index (χ4n) is 0.580. The molecule has 0 N–H and O–H groups in total. The molecule has 9 heavy (non-hydrogen) atoms. The lowest BCUT2D eigenvalue weighted by Gasteiger charge is -1.86. The normalized spacial score (nSPS) is 7.56. The van der Waals surface area contributed by atoms with E-state index in [1.807, 2.05) is 18.2 Å². The van der Waals surface area contributed by atoms with Crippen molar-refractivity contribution in [2.24, 2.45) is 0 Å². The highest BCUT2D eigenvalue weighted by Crippen LogP contribution is 1.93. The number of benzene rings is 1. The van der Waals surface area contributed by atoms with E-state index < -0.39 is 0 Å². The van der Waals surface area contributed by atoms with E-state index in [0.717, 1.165) is 5.56 Å². The van der Waals surface area contributed by atoms with Crippen LogP contribution in [0.15, 0.2) is 30.3 Å². The summed E-state index contributed by atoms with van der Waals surface area (Å²) in [4.78, 5) is 0. The fraction of sp³-hybridized carbons (Fsp3) is 0. The Bertz CT molecular complexity index is 228. The summed E-state index contributed by atoms with van der Waals surface area (Å²) in [5.41, 5.74) is 0.771. The molecule has 0 radical (unpaired) electrons. The van der Waals surface area contributed by atoms with Gasteiger partial charge in [-0.3, -0.25) is 0 Å². The highest BCUT2D eigenvalue weighted by atomic mass is 16.2. The van der Waals surface area contributed by atoms with Gasteiger partial charge in [0.05, 0.1) is 0 Å². The fourth-order valence-corrected chi connectivity index (χ4v) is 0.580. The zero-order chi connectivity index (χ0) is 6.53. The molecule has 0 fully saturated rings. The maximum Gasteiger partial charge on any atom is 0.0238 e. The quantitative estimate of drug-likeness (QED) is 0.450. The second-order valence-electron chi connectivity index (χ2n) is 1.59. The van der Waals surface area contributed by atoms with Gasteiger partial charge in [-0.05, 0) is 12.1 Å². The van der Waals surface area contributed by atoms with E-state index in [9.17, 15) is 5.11 Å². The summed E-state index contributed by atoms with van der Waals surface area (Å²) >= 11 is 0. The van der Waals surface area contributed by atoms with Gasteiger partial charge in [0.25, 0.3) is 0 Å². The second-order valence-corrected chi connectivity index (χ2v) is 1.59. The van der Waals surface area contributed by atoms with Crippen molar-refractivity contribution in [3.05, 3.63) is 35.9 Å². The molecule has 1 rings (SSSR count). The van der Waals surface area contributed by atoms with Crippen molar-refractivity contribution in [3.8, 4) is 12.0 Å². The van der Waals surface area contributed by atoms with E-state index >= 15 is 0 Å². The molecule has 1 nitrogen and oxygen atoms in total. The highest BCUT2D eigenvalue weighted by molar-refractivity contribution is 5.31. The van der Waals surface area contributed by atoms with Crippen molar-refractivity contribution in [2.75, 3.05) is 0 Å². The molecule has 0 heterocycles. The third-order valence-electron chi connectivity index (χ3n) is 0.969. The Morgan fingerprint density at radius 2 is 1.78 bits per heavy atom. The van der Waals surface area contributed by atoms with E-state index in [2.05, 4.69) is 5.92 Å². The molecule has 0 aliphatic heterocycles. The van der Waals surface area contributed by atoms with Crippen molar-refractivity contribution in [1.29, 1.82) is 0 Å². The molecule has 0 saturated carbocycles. The molecule has 0 unspecified atom stereocenters. The third-order valence-corrected chi connectivity index (χ3v) is 0.969. The van der Waals surface area contributed by atoms with Crippen LogP contribution in [0.5, 0.6) is 0 Å². The Labute approximate surface area is 54.0 Å². The lowest BCUT2D eigenvalue weighted by Crippen LogP contribution is -1.85. The van der Waals surface area contributed by atoms with Crippen molar-refractivity contribution in [3.63, 3.8) is 0 Å². The molecule has 0 aromatic heterocycles. The monoisotopic (exact) mass is 117 g/mol. The van der Waals surface area contributed by atoms with Crippen LogP contribution in [-0.2, 0) is 0 Å². The molecular formula is C8H5O-. The molecule has 0 amide bonds. The molecule has 0 aliphatic rings. The SMILES string of the molecule is [O-]C#Cc1ccccc1. The maximum absolute atomic E-state index is 9.74. The minimum absolute atomic E-state index is 0.771. The van der Waals surface area contributed by atoms with E-state index in [0.29, 0.717) is 0 Å². The van der Waals surface area contributed by atoms with Crippen LogP contribution < -0.4 is 5.11 Å². The Balaban J connectivity index is 2.94. The molecular weight excluding hydrogens is 112 g/mol. The first-order valence-corrected chi connectivity index (χ1v) is 2.61. The maximum atomic E-state index is 9.74. The largest absolute Gasteiger partial charge is 0.833 e. The predicted molar refractivity (Wildman–Crippen MR) is 33.3 cm³/mol. The Hall–Kier alpha value is -1.42. The standard InChI is InChI=1S/C8H6O/c9-7-6-8-4-2-1-3-5-8/h1-5,9H/p-1. The molecule has 44 valence electrons. The minimum Gasteiger partial charge on any atom is -0.833 e. The number of hydrogen-bond acceptors (Lipinski definition) is 1. The molecule has 1 heteroatoms. The minimum atomic E-state index is 0.771. The predicted octanol–water partition coefficient (Wildman–Crippen LogP) is 0.356. The van der Waals surface area contributed by atoms with Gasteiger partial charge in [0.15, 0.2) is 0 Å². The van der Waals surface area contributed by atoms with Crippen LogP contribution in [0, 0.1) is 12.0 Å². The molecule has 0 aliphatic carbocycles. The van der Waals surface area contributed by atoms with Gasteiger partial charge in [-0.2, -0.15) is 6.11 Å². The van der Waals surface area contributed by atoms with Crippen LogP contribution in [0.1, 0.15) is 5.56 Å². The van der Waals surface area contributed by atoms with Gasteiger partial charge < -0.3 is 5.11 Å². The van der Waals surface area contributed by atoms with Crippen molar-refractivity contribution >= 4 is 0 Å². The highest BCUT2D eigenvalue weighted by Gasteiger charge is 1.76. The molecule has 0 atom stereocenters. The molecule has 0 spiro atoms. The first-order valence-electron chi connectivity index (χ1n) is 2.61. The zero-order valence-corrected chi connectivity index (χ0v) is 4.79.